The maximum atomic E-state index is 12.3. The number of morpholine rings is 1. The predicted octanol–water partition coefficient (Wildman–Crippen LogP) is 2.43. The van der Waals surface area contributed by atoms with E-state index in [1.54, 1.807) is 30.3 Å². The molecule has 1 aliphatic heterocycles. The number of rotatable bonds is 5. The zero-order valence-corrected chi connectivity index (χ0v) is 15.1. The number of anilines is 1. The lowest BCUT2D eigenvalue weighted by molar-refractivity contribution is -0.116. The van der Waals surface area contributed by atoms with E-state index in [4.69, 9.17) is 15.4 Å². The lowest BCUT2D eigenvalue weighted by atomic mass is 10.1. The van der Waals surface area contributed by atoms with Gasteiger partial charge in [0.05, 0.1) is 18.1 Å². The Morgan fingerprint density at radius 3 is 2.52 bits per heavy atom. The molecule has 0 spiro atoms. The van der Waals surface area contributed by atoms with Gasteiger partial charge in [-0.1, -0.05) is 24.3 Å². The van der Waals surface area contributed by atoms with Gasteiger partial charge in [0.15, 0.2) is 0 Å². The lowest BCUT2D eigenvalue weighted by Crippen LogP contribution is -2.38. The summed E-state index contributed by atoms with van der Waals surface area (Å²) in [6.07, 6.45) is 0.365. The average molecular weight is 383 g/mol. The van der Waals surface area contributed by atoms with Gasteiger partial charge in [0.1, 0.15) is 0 Å². The molecule has 0 bridgehead atoms. The van der Waals surface area contributed by atoms with Crippen LogP contribution in [-0.4, -0.2) is 52.1 Å². The van der Waals surface area contributed by atoms with Crippen LogP contribution in [0, 0.1) is 0 Å². The minimum Gasteiger partial charge on any atom is -0.379 e. The molecule has 134 valence electrons. The standard InChI is InChI=1S/C17H19ClN2O4S/c18-25(22,23)16-6-2-3-13-14(16)4-1-5-15(13)19-17(21)7-8-20-9-11-24-12-10-20/h1-6H,7-12H2,(H,19,21). The molecule has 8 heteroatoms. The average Bonchev–Trinajstić information content (AvgIpc) is 2.60. The Kier molecular flexibility index (Phi) is 5.58. The second-order valence-electron chi connectivity index (χ2n) is 5.85. The molecular weight excluding hydrogens is 364 g/mol. The van der Waals surface area contributed by atoms with Crippen LogP contribution in [0.15, 0.2) is 41.3 Å². The zero-order chi connectivity index (χ0) is 17.9. The van der Waals surface area contributed by atoms with Crippen LogP contribution in [0.5, 0.6) is 0 Å². The first-order valence-corrected chi connectivity index (χ1v) is 10.3. The van der Waals surface area contributed by atoms with E-state index in [2.05, 4.69) is 10.2 Å². The largest absolute Gasteiger partial charge is 0.379 e. The highest BCUT2D eigenvalue weighted by Crippen LogP contribution is 2.30. The molecule has 0 aliphatic carbocycles. The maximum absolute atomic E-state index is 12.3. The van der Waals surface area contributed by atoms with E-state index in [1.807, 2.05) is 0 Å². The Bertz CT molecular complexity index is 879. The third-order valence-corrected chi connectivity index (χ3v) is 5.56. The monoisotopic (exact) mass is 382 g/mol. The fourth-order valence-corrected chi connectivity index (χ4v) is 3.99. The third kappa shape index (κ3) is 4.49. The number of carbonyl (C=O) groups excluding carboxylic acids is 1. The summed E-state index contributed by atoms with van der Waals surface area (Å²) in [6, 6.07) is 9.95. The van der Waals surface area contributed by atoms with Crippen LogP contribution in [0.1, 0.15) is 6.42 Å². The summed E-state index contributed by atoms with van der Waals surface area (Å²) in [6.45, 7) is 3.72. The van der Waals surface area contributed by atoms with Crippen molar-refractivity contribution in [2.45, 2.75) is 11.3 Å². The molecule has 1 N–H and O–H groups in total. The second-order valence-corrected chi connectivity index (χ2v) is 8.38. The highest BCUT2D eigenvalue weighted by molar-refractivity contribution is 8.14. The van der Waals surface area contributed by atoms with Crippen molar-refractivity contribution < 1.29 is 17.9 Å². The summed E-state index contributed by atoms with van der Waals surface area (Å²) < 4.78 is 28.7. The number of hydrogen-bond donors (Lipinski definition) is 1. The zero-order valence-electron chi connectivity index (χ0n) is 13.6. The summed E-state index contributed by atoms with van der Waals surface area (Å²) in [4.78, 5) is 14.5. The highest BCUT2D eigenvalue weighted by atomic mass is 35.7. The first-order valence-electron chi connectivity index (χ1n) is 8.01. The van der Waals surface area contributed by atoms with Crippen molar-refractivity contribution in [2.24, 2.45) is 0 Å². The van der Waals surface area contributed by atoms with Gasteiger partial charge in [-0.3, -0.25) is 9.69 Å². The summed E-state index contributed by atoms with van der Waals surface area (Å²) in [5.74, 6) is -0.113. The highest BCUT2D eigenvalue weighted by Gasteiger charge is 2.16. The van der Waals surface area contributed by atoms with Gasteiger partial charge < -0.3 is 10.1 Å². The van der Waals surface area contributed by atoms with Crippen molar-refractivity contribution in [3.63, 3.8) is 0 Å². The van der Waals surface area contributed by atoms with E-state index in [9.17, 15) is 13.2 Å². The lowest BCUT2D eigenvalue weighted by Gasteiger charge is -2.26. The SMILES string of the molecule is O=C(CCN1CCOCC1)Nc1cccc2c(S(=O)(=O)Cl)cccc12. The Balaban J connectivity index is 1.76. The van der Waals surface area contributed by atoms with E-state index < -0.39 is 9.05 Å². The van der Waals surface area contributed by atoms with Gasteiger partial charge >= 0.3 is 0 Å². The summed E-state index contributed by atoms with van der Waals surface area (Å²) in [5.41, 5.74) is 0.576. The molecule has 1 aliphatic rings. The van der Waals surface area contributed by atoms with Crippen molar-refractivity contribution >= 4 is 42.1 Å². The van der Waals surface area contributed by atoms with Crippen LogP contribution >= 0.6 is 10.7 Å². The fraction of sp³-hybridized carbons (Fsp3) is 0.353. The molecule has 0 saturated carbocycles. The predicted molar refractivity (Wildman–Crippen MR) is 97.5 cm³/mol. The molecule has 3 rings (SSSR count). The first-order chi connectivity index (χ1) is 11.9. The minimum absolute atomic E-state index is 0.0380. The number of nitrogens with one attached hydrogen (secondary N) is 1. The molecule has 0 atom stereocenters. The number of benzene rings is 2. The number of amides is 1. The van der Waals surface area contributed by atoms with E-state index in [-0.39, 0.29) is 10.8 Å². The van der Waals surface area contributed by atoms with Crippen LogP contribution in [0.25, 0.3) is 10.8 Å². The molecule has 6 nitrogen and oxygen atoms in total. The van der Waals surface area contributed by atoms with E-state index in [0.717, 1.165) is 13.1 Å². The third-order valence-electron chi connectivity index (χ3n) is 4.18. The van der Waals surface area contributed by atoms with Gasteiger partial charge in [0, 0.05) is 53.2 Å². The molecule has 25 heavy (non-hydrogen) atoms. The Hall–Kier alpha value is -1.67. The van der Waals surface area contributed by atoms with Crippen LogP contribution in [-0.2, 0) is 18.6 Å². The smallest absolute Gasteiger partial charge is 0.261 e. The number of ether oxygens (including phenoxy) is 1. The van der Waals surface area contributed by atoms with Crippen LogP contribution in [0.2, 0.25) is 0 Å². The first kappa shape index (κ1) is 18.1. The van der Waals surface area contributed by atoms with Crippen molar-refractivity contribution in [2.75, 3.05) is 38.2 Å². The van der Waals surface area contributed by atoms with E-state index >= 15 is 0 Å². The fourth-order valence-electron chi connectivity index (χ4n) is 2.90. The van der Waals surface area contributed by atoms with Gasteiger partial charge in [-0.15, -0.1) is 0 Å². The number of nitrogens with zero attached hydrogens (tertiary/aromatic N) is 1. The van der Waals surface area contributed by atoms with Gasteiger partial charge in [0.2, 0.25) is 5.91 Å². The Morgan fingerprint density at radius 2 is 1.80 bits per heavy atom. The summed E-state index contributed by atoms with van der Waals surface area (Å²) >= 11 is 0. The van der Waals surface area contributed by atoms with Crippen LogP contribution < -0.4 is 5.32 Å². The normalized spacial score (nSPS) is 16.0. The van der Waals surface area contributed by atoms with Gasteiger partial charge in [-0.25, -0.2) is 8.42 Å². The van der Waals surface area contributed by atoms with Crippen molar-refractivity contribution in [1.82, 2.24) is 4.90 Å². The number of halogens is 1. The van der Waals surface area contributed by atoms with E-state index in [1.165, 1.54) is 6.07 Å². The quantitative estimate of drug-likeness (QED) is 0.804. The van der Waals surface area contributed by atoms with Crippen molar-refractivity contribution in [3.05, 3.63) is 36.4 Å². The van der Waals surface area contributed by atoms with Crippen LogP contribution in [0.3, 0.4) is 0 Å². The molecule has 1 heterocycles. The topological polar surface area (TPSA) is 75.7 Å². The molecule has 0 aromatic heterocycles. The molecule has 0 unspecified atom stereocenters. The van der Waals surface area contributed by atoms with E-state index in [0.29, 0.717) is 42.6 Å². The summed E-state index contributed by atoms with van der Waals surface area (Å²) in [7, 11) is 1.64. The number of hydrogen-bond acceptors (Lipinski definition) is 5. The molecule has 1 amide bonds. The van der Waals surface area contributed by atoms with Crippen molar-refractivity contribution in [3.8, 4) is 0 Å². The molecule has 2 aromatic rings. The molecule has 2 aromatic carbocycles. The Morgan fingerprint density at radius 1 is 1.12 bits per heavy atom. The minimum atomic E-state index is -3.86. The second kappa shape index (κ2) is 7.70. The maximum Gasteiger partial charge on any atom is 0.261 e. The van der Waals surface area contributed by atoms with Crippen molar-refractivity contribution in [1.29, 1.82) is 0 Å². The molecule has 0 radical (unpaired) electrons. The van der Waals surface area contributed by atoms with Crippen LogP contribution in [0.4, 0.5) is 5.69 Å². The van der Waals surface area contributed by atoms with Gasteiger partial charge in [0.25, 0.3) is 9.05 Å². The van der Waals surface area contributed by atoms with Gasteiger partial charge in [-0.05, 0) is 12.1 Å². The molecular formula is C17H19ClN2O4S. The Labute approximate surface area is 151 Å². The summed E-state index contributed by atoms with van der Waals surface area (Å²) in [5, 5.41) is 4.00. The number of fused-ring (bicyclic) bond motifs is 1. The molecule has 1 fully saturated rings. The molecule has 1 saturated heterocycles. The number of carbonyl (C=O) groups is 1. The van der Waals surface area contributed by atoms with Gasteiger partial charge in [-0.2, -0.15) is 0 Å².